The van der Waals surface area contributed by atoms with Gasteiger partial charge in [0.25, 0.3) is 0 Å². The highest BCUT2D eigenvalue weighted by Gasteiger charge is 2.26. The summed E-state index contributed by atoms with van der Waals surface area (Å²) < 4.78 is 0. The molecule has 2 atom stereocenters. The molecular weight excluding hydrogens is 198 g/mol. The monoisotopic (exact) mass is 225 g/mol. The molecular formula is C13H27N3. The standard InChI is InChI=1S/C13H27N3/c1-6-8-9-16(5)12(3)10-13(4,11-14)15-7-2/h12,15H,6-10H2,1-5H3. The number of rotatable bonds is 8. The van der Waals surface area contributed by atoms with Gasteiger partial charge >= 0.3 is 0 Å². The summed E-state index contributed by atoms with van der Waals surface area (Å²) >= 11 is 0. The lowest BCUT2D eigenvalue weighted by atomic mass is 9.94. The second-order valence-electron chi connectivity index (χ2n) is 4.86. The molecule has 3 nitrogen and oxygen atoms in total. The van der Waals surface area contributed by atoms with Crippen LogP contribution in [0.3, 0.4) is 0 Å². The predicted octanol–water partition coefficient (Wildman–Crippen LogP) is 2.39. The van der Waals surface area contributed by atoms with E-state index >= 15 is 0 Å². The molecule has 0 aliphatic carbocycles. The van der Waals surface area contributed by atoms with Crippen LogP contribution in [-0.2, 0) is 0 Å². The van der Waals surface area contributed by atoms with Crippen LogP contribution in [0, 0.1) is 11.3 Å². The van der Waals surface area contributed by atoms with E-state index in [1.807, 2.05) is 13.8 Å². The van der Waals surface area contributed by atoms with E-state index in [0.717, 1.165) is 19.5 Å². The molecule has 0 aromatic heterocycles. The first kappa shape index (κ1) is 15.4. The van der Waals surface area contributed by atoms with Crippen LogP contribution in [0.25, 0.3) is 0 Å². The van der Waals surface area contributed by atoms with Gasteiger partial charge in [0.1, 0.15) is 5.54 Å². The lowest BCUT2D eigenvalue weighted by Gasteiger charge is -2.31. The van der Waals surface area contributed by atoms with Crippen molar-refractivity contribution in [1.29, 1.82) is 5.26 Å². The number of nitrogens with one attached hydrogen (secondary N) is 1. The zero-order chi connectivity index (χ0) is 12.6. The van der Waals surface area contributed by atoms with Gasteiger partial charge in [-0.25, -0.2) is 0 Å². The molecule has 2 unspecified atom stereocenters. The lowest BCUT2D eigenvalue weighted by molar-refractivity contribution is 0.211. The third kappa shape index (κ3) is 5.48. The fourth-order valence-electron chi connectivity index (χ4n) is 1.92. The number of unbranched alkanes of at least 4 members (excludes halogenated alkanes) is 1. The van der Waals surface area contributed by atoms with E-state index in [2.05, 4.69) is 37.2 Å². The summed E-state index contributed by atoms with van der Waals surface area (Å²) in [5.74, 6) is 0. The topological polar surface area (TPSA) is 39.1 Å². The van der Waals surface area contributed by atoms with Gasteiger partial charge < -0.3 is 4.90 Å². The van der Waals surface area contributed by atoms with E-state index in [4.69, 9.17) is 0 Å². The van der Waals surface area contributed by atoms with Crippen LogP contribution in [0.2, 0.25) is 0 Å². The second-order valence-corrected chi connectivity index (χ2v) is 4.86. The first-order valence-corrected chi connectivity index (χ1v) is 6.35. The Morgan fingerprint density at radius 1 is 1.44 bits per heavy atom. The normalized spacial score (nSPS) is 16.8. The van der Waals surface area contributed by atoms with Crippen molar-refractivity contribution in [2.24, 2.45) is 0 Å². The highest BCUT2D eigenvalue weighted by molar-refractivity contribution is 5.05. The van der Waals surface area contributed by atoms with Gasteiger partial charge in [-0.3, -0.25) is 5.32 Å². The Kier molecular flexibility index (Phi) is 7.36. The van der Waals surface area contributed by atoms with Gasteiger partial charge in [0, 0.05) is 6.04 Å². The second kappa shape index (κ2) is 7.65. The van der Waals surface area contributed by atoms with Crippen molar-refractivity contribution in [3.05, 3.63) is 0 Å². The largest absolute Gasteiger partial charge is 0.304 e. The lowest BCUT2D eigenvalue weighted by Crippen LogP contribution is -2.46. The average molecular weight is 225 g/mol. The third-order valence-electron chi connectivity index (χ3n) is 3.13. The van der Waals surface area contributed by atoms with Gasteiger partial charge in [0.05, 0.1) is 6.07 Å². The zero-order valence-corrected chi connectivity index (χ0v) is 11.5. The molecule has 16 heavy (non-hydrogen) atoms. The van der Waals surface area contributed by atoms with E-state index in [0.29, 0.717) is 6.04 Å². The molecule has 0 spiro atoms. The number of hydrogen-bond acceptors (Lipinski definition) is 3. The molecule has 3 heteroatoms. The minimum atomic E-state index is -0.394. The van der Waals surface area contributed by atoms with Gasteiger partial charge in [-0.05, 0) is 46.8 Å². The minimum Gasteiger partial charge on any atom is -0.304 e. The first-order valence-electron chi connectivity index (χ1n) is 6.35. The Labute approximate surface area is 101 Å². The van der Waals surface area contributed by atoms with Crippen LogP contribution in [0.1, 0.15) is 47.0 Å². The molecule has 94 valence electrons. The molecule has 0 heterocycles. The molecule has 0 aliphatic rings. The van der Waals surface area contributed by atoms with Crippen LogP contribution in [0.15, 0.2) is 0 Å². The maximum absolute atomic E-state index is 9.19. The molecule has 0 amide bonds. The quantitative estimate of drug-likeness (QED) is 0.689. The van der Waals surface area contributed by atoms with Crippen molar-refractivity contribution < 1.29 is 0 Å². The van der Waals surface area contributed by atoms with E-state index in [1.54, 1.807) is 0 Å². The van der Waals surface area contributed by atoms with Crippen LogP contribution in [0.5, 0.6) is 0 Å². The molecule has 0 aliphatic heterocycles. The third-order valence-corrected chi connectivity index (χ3v) is 3.13. The summed E-state index contributed by atoms with van der Waals surface area (Å²) in [5, 5.41) is 12.5. The van der Waals surface area contributed by atoms with Gasteiger partial charge in [-0.15, -0.1) is 0 Å². The zero-order valence-electron chi connectivity index (χ0n) is 11.5. The average Bonchev–Trinajstić information content (AvgIpc) is 2.26. The summed E-state index contributed by atoms with van der Waals surface area (Å²) in [6, 6.07) is 2.82. The van der Waals surface area contributed by atoms with Gasteiger partial charge in [-0.2, -0.15) is 5.26 Å². The van der Waals surface area contributed by atoms with Gasteiger partial charge in [0.2, 0.25) is 0 Å². The van der Waals surface area contributed by atoms with Gasteiger partial charge in [0.15, 0.2) is 0 Å². The van der Waals surface area contributed by atoms with Crippen molar-refractivity contribution in [2.75, 3.05) is 20.1 Å². The summed E-state index contributed by atoms with van der Waals surface area (Å²) in [6.07, 6.45) is 3.32. The highest BCUT2D eigenvalue weighted by atomic mass is 15.1. The SMILES string of the molecule is CCCCN(C)C(C)CC(C)(C#N)NCC. The Morgan fingerprint density at radius 3 is 2.50 bits per heavy atom. The summed E-state index contributed by atoms with van der Waals surface area (Å²) in [5.41, 5.74) is -0.394. The molecule has 0 bridgehead atoms. The summed E-state index contributed by atoms with van der Waals surface area (Å²) in [7, 11) is 2.14. The molecule has 0 radical (unpaired) electrons. The predicted molar refractivity (Wildman–Crippen MR) is 69.3 cm³/mol. The molecule has 0 aromatic rings. The Morgan fingerprint density at radius 2 is 2.06 bits per heavy atom. The van der Waals surface area contributed by atoms with Gasteiger partial charge in [-0.1, -0.05) is 20.3 Å². The molecule has 1 N–H and O–H groups in total. The van der Waals surface area contributed by atoms with Crippen LogP contribution in [0.4, 0.5) is 0 Å². The van der Waals surface area contributed by atoms with E-state index in [9.17, 15) is 5.26 Å². The molecule has 0 saturated carbocycles. The van der Waals surface area contributed by atoms with Crippen LogP contribution in [-0.4, -0.2) is 36.6 Å². The van der Waals surface area contributed by atoms with E-state index in [-0.39, 0.29) is 0 Å². The number of nitrogens with zero attached hydrogens (tertiary/aromatic N) is 2. The van der Waals surface area contributed by atoms with Crippen molar-refractivity contribution in [1.82, 2.24) is 10.2 Å². The fraction of sp³-hybridized carbons (Fsp3) is 0.923. The maximum atomic E-state index is 9.19. The van der Waals surface area contributed by atoms with E-state index < -0.39 is 5.54 Å². The molecule has 0 rings (SSSR count). The molecule has 0 fully saturated rings. The summed E-state index contributed by atoms with van der Waals surface area (Å²) in [4.78, 5) is 2.34. The number of hydrogen-bond donors (Lipinski definition) is 1. The maximum Gasteiger partial charge on any atom is 0.105 e. The minimum absolute atomic E-state index is 0.394. The number of nitriles is 1. The smallest absolute Gasteiger partial charge is 0.105 e. The fourth-order valence-corrected chi connectivity index (χ4v) is 1.92. The first-order chi connectivity index (χ1) is 7.49. The summed E-state index contributed by atoms with van der Waals surface area (Å²) in [6.45, 7) is 10.4. The highest BCUT2D eigenvalue weighted by Crippen LogP contribution is 2.15. The van der Waals surface area contributed by atoms with Crippen molar-refractivity contribution in [3.63, 3.8) is 0 Å². The van der Waals surface area contributed by atoms with Crippen molar-refractivity contribution in [3.8, 4) is 6.07 Å². The van der Waals surface area contributed by atoms with Crippen LogP contribution < -0.4 is 5.32 Å². The van der Waals surface area contributed by atoms with Crippen LogP contribution >= 0.6 is 0 Å². The molecule has 0 saturated heterocycles. The Bertz CT molecular complexity index is 222. The van der Waals surface area contributed by atoms with E-state index in [1.165, 1.54) is 12.8 Å². The molecule has 0 aromatic carbocycles. The van der Waals surface area contributed by atoms with Crippen molar-refractivity contribution in [2.45, 2.75) is 58.5 Å². The Balaban J connectivity index is 4.19. The Hall–Kier alpha value is -0.590. The van der Waals surface area contributed by atoms with Crippen molar-refractivity contribution >= 4 is 0 Å².